The molecule has 0 rings (SSSR count). The lowest BCUT2D eigenvalue weighted by Gasteiger charge is -2.18. The van der Waals surface area contributed by atoms with E-state index in [1.807, 2.05) is 13.8 Å². The Bertz CT molecular complexity index is 185. The molecule has 0 heterocycles. The summed E-state index contributed by atoms with van der Waals surface area (Å²) in [5, 5.41) is 12.2. The molecular weight excluding hydrogens is 210 g/mol. The van der Waals surface area contributed by atoms with Gasteiger partial charge in [0.05, 0.1) is 11.4 Å². The predicted molar refractivity (Wildman–Crippen MR) is 66.1 cm³/mol. The monoisotopic (exact) mass is 233 g/mol. The van der Waals surface area contributed by atoms with Gasteiger partial charge in [-0.05, 0) is 20.3 Å². The van der Waals surface area contributed by atoms with Crippen LogP contribution in [-0.2, 0) is 4.79 Å². The minimum atomic E-state index is -0.374. The summed E-state index contributed by atoms with van der Waals surface area (Å²) in [6, 6.07) is 0. The molecule has 0 fully saturated rings. The van der Waals surface area contributed by atoms with E-state index in [0.717, 1.165) is 19.4 Å². The second-order valence-electron chi connectivity index (χ2n) is 3.87. The summed E-state index contributed by atoms with van der Waals surface area (Å²) in [6.07, 6.45) is 1.74. The Morgan fingerprint density at radius 3 is 2.47 bits per heavy atom. The zero-order valence-corrected chi connectivity index (χ0v) is 10.9. The molecular formula is C11H23NO2S. The van der Waals surface area contributed by atoms with Crippen LogP contribution in [0.1, 0.15) is 40.5 Å². The second kappa shape index (κ2) is 7.99. The van der Waals surface area contributed by atoms with Crippen LogP contribution in [0.15, 0.2) is 0 Å². The third kappa shape index (κ3) is 6.79. The van der Waals surface area contributed by atoms with Crippen molar-refractivity contribution in [3.8, 4) is 0 Å². The van der Waals surface area contributed by atoms with Crippen molar-refractivity contribution >= 4 is 17.7 Å². The van der Waals surface area contributed by atoms with Gasteiger partial charge >= 0.3 is 0 Å². The van der Waals surface area contributed by atoms with E-state index in [0.29, 0.717) is 0 Å². The van der Waals surface area contributed by atoms with E-state index in [-0.39, 0.29) is 22.5 Å². The van der Waals surface area contributed by atoms with Gasteiger partial charge in [0.2, 0.25) is 5.91 Å². The van der Waals surface area contributed by atoms with E-state index < -0.39 is 0 Å². The topological polar surface area (TPSA) is 49.3 Å². The van der Waals surface area contributed by atoms with Gasteiger partial charge in [0.15, 0.2) is 0 Å². The summed E-state index contributed by atoms with van der Waals surface area (Å²) in [7, 11) is 0. The van der Waals surface area contributed by atoms with E-state index >= 15 is 0 Å². The van der Waals surface area contributed by atoms with E-state index in [2.05, 4.69) is 12.2 Å². The lowest BCUT2D eigenvalue weighted by atomic mass is 10.3. The number of nitrogens with one attached hydrogen (secondary N) is 1. The molecule has 0 aromatic rings. The Morgan fingerprint density at radius 1 is 1.40 bits per heavy atom. The predicted octanol–water partition coefficient (Wildman–Crippen LogP) is 1.79. The zero-order chi connectivity index (χ0) is 11.8. The van der Waals surface area contributed by atoms with Crippen LogP contribution in [-0.4, -0.2) is 34.2 Å². The molecule has 0 aromatic carbocycles. The first kappa shape index (κ1) is 14.8. The van der Waals surface area contributed by atoms with Crippen molar-refractivity contribution in [1.29, 1.82) is 0 Å². The quantitative estimate of drug-likeness (QED) is 0.659. The van der Waals surface area contributed by atoms with Crippen molar-refractivity contribution in [2.75, 3.05) is 6.54 Å². The summed E-state index contributed by atoms with van der Waals surface area (Å²) in [5.41, 5.74) is 0. The highest BCUT2D eigenvalue weighted by atomic mass is 32.2. The Morgan fingerprint density at radius 2 is 2.00 bits per heavy atom. The van der Waals surface area contributed by atoms with Crippen molar-refractivity contribution < 1.29 is 9.90 Å². The number of carbonyl (C=O) groups is 1. The third-order valence-corrected chi connectivity index (χ3v) is 3.74. The van der Waals surface area contributed by atoms with Gasteiger partial charge in [-0.1, -0.05) is 20.3 Å². The van der Waals surface area contributed by atoms with Gasteiger partial charge < -0.3 is 10.4 Å². The summed E-state index contributed by atoms with van der Waals surface area (Å²) in [5.74, 6) is 0.0703. The molecule has 4 heteroatoms. The molecule has 0 aliphatic heterocycles. The van der Waals surface area contributed by atoms with Crippen LogP contribution >= 0.6 is 11.8 Å². The normalized spacial score (nSPS) is 16.9. The number of hydrogen-bond acceptors (Lipinski definition) is 3. The Balaban J connectivity index is 3.78. The molecule has 0 bridgehead atoms. The maximum absolute atomic E-state index is 11.6. The van der Waals surface area contributed by atoms with Crippen LogP contribution in [0.25, 0.3) is 0 Å². The first-order valence-corrected chi connectivity index (χ1v) is 6.54. The number of carbonyl (C=O) groups excluding carboxylic acids is 1. The molecule has 0 aliphatic carbocycles. The van der Waals surface area contributed by atoms with Crippen molar-refractivity contribution in [3.63, 3.8) is 0 Å². The lowest BCUT2D eigenvalue weighted by Crippen LogP contribution is -2.33. The van der Waals surface area contributed by atoms with Crippen molar-refractivity contribution in [1.82, 2.24) is 5.32 Å². The van der Waals surface area contributed by atoms with E-state index in [1.165, 1.54) is 11.8 Å². The number of unbranched alkanes of at least 4 members (excludes halogenated alkanes) is 1. The highest BCUT2D eigenvalue weighted by molar-refractivity contribution is 8.01. The molecule has 3 nitrogen and oxygen atoms in total. The highest BCUT2D eigenvalue weighted by Crippen LogP contribution is 2.20. The van der Waals surface area contributed by atoms with Crippen LogP contribution in [0.5, 0.6) is 0 Å². The first-order chi connectivity index (χ1) is 6.99. The molecule has 3 unspecified atom stereocenters. The minimum absolute atomic E-state index is 0.0703. The molecule has 0 aromatic heterocycles. The third-order valence-electron chi connectivity index (χ3n) is 2.30. The largest absolute Gasteiger partial charge is 0.392 e. The van der Waals surface area contributed by atoms with Crippen molar-refractivity contribution in [3.05, 3.63) is 0 Å². The summed E-state index contributed by atoms with van der Waals surface area (Å²) in [4.78, 5) is 11.6. The van der Waals surface area contributed by atoms with E-state index in [4.69, 9.17) is 0 Å². The van der Waals surface area contributed by atoms with Crippen molar-refractivity contribution in [2.45, 2.75) is 57.1 Å². The van der Waals surface area contributed by atoms with Gasteiger partial charge in [-0.3, -0.25) is 4.79 Å². The van der Waals surface area contributed by atoms with E-state index in [1.54, 1.807) is 6.92 Å². The van der Waals surface area contributed by atoms with Crippen LogP contribution in [0.4, 0.5) is 0 Å². The molecule has 90 valence electrons. The fraction of sp³-hybridized carbons (Fsp3) is 0.909. The number of aliphatic hydroxyl groups excluding tert-OH is 1. The number of aliphatic hydroxyl groups is 1. The Hall–Kier alpha value is -0.220. The standard InChI is InChI=1S/C11H23NO2S/c1-5-6-7-12-11(14)10(4)15-9(3)8(2)13/h8-10,13H,5-7H2,1-4H3,(H,12,14). The summed E-state index contributed by atoms with van der Waals surface area (Å²) < 4.78 is 0. The lowest BCUT2D eigenvalue weighted by molar-refractivity contribution is -0.120. The molecule has 0 saturated carbocycles. The molecule has 0 aliphatic rings. The number of amides is 1. The molecule has 0 radical (unpaired) electrons. The summed E-state index contributed by atoms with van der Waals surface area (Å²) >= 11 is 1.51. The second-order valence-corrected chi connectivity index (χ2v) is 5.59. The molecule has 0 saturated heterocycles. The Labute approximate surface area is 97.0 Å². The zero-order valence-electron chi connectivity index (χ0n) is 10.1. The molecule has 2 N–H and O–H groups in total. The van der Waals surface area contributed by atoms with Gasteiger partial charge in [0, 0.05) is 11.8 Å². The molecule has 0 spiro atoms. The molecule has 3 atom stereocenters. The van der Waals surface area contributed by atoms with Gasteiger partial charge in [0.1, 0.15) is 0 Å². The average molecular weight is 233 g/mol. The molecule has 1 amide bonds. The minimum Gasteiger partial charge on any atom is -0.392 e. The van der Waals surface area contributed by atoms with Crippen LogP contribution < -0.4 is 5.32 Å². The van der Waals surface area contributed by atoms with Gasteiger partial charge in [-0.15, -0.1) is 11.8 Å². The number of rotatable bonds is 7. The number of thioether (sulfide) groups is 1. The van der Waals surface area contributed by atoms with Gasteiger partial charge in [0.25, 0.3) is 0 Å². The van der Waals surface area contributed by atoms with Gasteiger partial charge in [-0.25, -0.2) is 0 Å². The fourth-order valence-corrected chi connectivity index (χ4v) is 2.11. The molecule has 15 heavy (non-hydrogen) atoms. The van der Waals surface area contributed by atoms with Gasteiger partial charge in [-0.2, -0.15) is 0 Å². The Kier molecular flexibility index (Phi) is 7.88. The van der Waals surface area contributed by atoms with Crippen LogP contribution in [0.3, 0.4) is 0 Å². The van der Waals surface area contributed by atoms with Crippen LogP contribution in [0.2, 0.25) is 0 Å². The highest BCUT2D eigenvalue weighted by Gasteiger charge is 2.18. The summed E-state index contributed by atoms with van der Waals surface area (Å²) in [6.45, 7) is 8.42. The average Bonchev–Trinajstić information content (AvgIpc) is 2.17. The smallest absolute Gasteiger partial charge is 0.232 e. The fourth-order valence-electron chi connectivity index (χ4n) is 1.03. The first-order valence-electron chi connectivity index (χ1n) is 5.60. The maximum Gasteiger partial charge on any atom is 0.232 e. The van der Waals surface area contributed by atoms with Crippen molar-refractivity contribution in [2.24, 2.45) is 0 Å². The van der Waals surface area contributed by atoms with E-state index in [9.17, 15) is 9.90 Å². The van der Waals surface area contributed by atoms with Crippen LogP contribution in [0, 0.1) is 0 Å². The maximum atomic E-state index is 11.6. The SMILES string of the molecule is CCCCNC(=O)C(C)SC(C)C(C)O. The number of hydrogen-bond donors (Lipinski definition) is 2.